The van der Waals surface area contributed by atoms with Gasteiger partial charge in [0.1, 0.15) is 0 Å². The molecule has 4 heterocycles. The van der Waals surface area contributed by atoms with Crippen LogP contribution in [0.3, 0.4) is 0 Å². The van der Waals surface area contributed by atoms with Gasteiger partial charge in [0.2, 0.25) is 0 Å². The van der Waals surface area contributed by atoms with E-state index in [0.717, 1.165) is 25.9 Å². The summed E-state index contributed by atoms with van der Waals surface area (Å²) in [4.78, 5) is 2.46. The van der Waals surface area contributed by atoms with E-state index in [4.69, 9.17) is 16.1 Å². The van der Waals surface area contributed by atoms with Crippen molar-refractivity contribution in [3.63, 3.8) is 0 Å². The maximum Gasteiger partial charge on any atom is 0.393 e. The van der Waals surface area contributed by atoms with Crippen LogP contribution in [0.2, 0.25) is 5.02 Å². The van der Waals surface area contributed by atoms with Gasteiger partial charge < -0.3 is 9.84 Å². The number of aromatic nitrogens is 1. The molecule has 0 amide bonds. The number of nitrogens with zero attached hydrogens (tertiary/aromatic N) is 2. The monoisotopic (exact) mass is 387 g/mol. The molecule has 2 aromatic rings. The van der Waals surface area contributed by atoms with E-state index in [1.54, 1.807) is 6.07 Å². The summed E-state index contributed by atoms with van der Waals surface area (Å²) in [7, 11) is 0. The average molecular weight is 388 g/mol. The molecule has 0 unspecified atom stereocenters. The molecule has 3 aliphatic heterocycles. The lowest BCUT2D eigenvalue weighted by molar-refractivity contribution is -0.127. The summed E-state index contributed by atoms with van der Waals surface area (Å²) in [6.07, 6.45) is -3.27. The molecule has 2 bridgehead atoms. The first-order chi connectivity index (χ1) is 12.2. The molecule has 1 aromatic carbocycles. The van der Waals surface area contributed by atoms with Crippen molar-refractivity contribution >= 4 is 28.4 Å². The lowest BCUT2D eigenvalue weighted by atomic mass is 9.72. The van der Waals surface area contributed by atoms with Gasteiger partial charge in [-0.1, -0.05) is 16.8 Å². The van der Waals surface area contributed by atoms with E-state index in [-0.39, 0.29) is 27.7 Å². The maximum atomic E-state index is 12.9. The van der Waals surface area contributed by atoms with Gasteiger partial charge >= 0.3 is 6.18 Å². The minimum Gasteiger partial charge on any atom is -0.362 e. The minimum atomic E-state index is -4.36. The van der Waals surface area contributed by atoms with Crippen molar-refractivity contribution in [1.82, 2.24) is 10.1 Å². The van der Waals surface area contributed by atoms with Crippen LogP contribution >= 0.6 is 11.6 Å². The number of piperidine rings is 3. The molecule has 8 heteroatoms. The number of fused-ring (bicyclic) bond motifs is 4. The van der Waals surface area contributed by atoms with E-state index >= 15 is 0 Å². The third-order valence-corrected chi connectivity index (χ3v) is 6.30. The van der Waals surface area contributed by atoms with Gasteiger partial charge in [0.25, 0.3) is 0 Å². The number of alkyl halides is 3. The molecule has 1 aromatic heterocycles. The molecule has 3 fully saturated rings. The Bertz CT molecular complexity index is 825. The zero-order valence-corrected chi connectivity index (χ0v) is 15.4. The zero-order valence-electron chi connectivity index (χ0n) is 14.7. The Hall–Kier alpha value is -1.47. The largest absolute Gasteiger partial charge is 0.393 e. The van der Waals surface area contributed by atoms with Crippen molar-refractivity contribution in [3.8, 4) is 0 Å². The highest BCUT2D eigenvalue weighted by Crippen LogP contribution is 2.42. The Morgan fingerprint density at radius 2 is 2.00 bits per heavy atom. The van der Waals surface area contributed by atoms with Gasteiger partial charge in [-0.3, -0.25) is 4.90 Å². The molecule has 142 valence electrons. The Morgan fingerprint density at radius 3 is 2.62 bits per heavy atom. The van der Waals surface area contributed by atoms with Crippen LogP contribution < -0.4 is 5.32 Å². The Morgan fingerprint density at radius 1 is 1.31 bits per heavy atom. The lowest BCUT2D eigenvalue weighted by Gasteiger charge is -2.56. The van der Waals surface area contributed by atoms with Crippen LogP contribution in [0, 0.1) is 5.92 Å². The second-order valence-electron chi connectivity index (χ2n) is 7.83. The maximum absolute atomic E-state index is 12.9. The number of benzene rings is 1. The summed E-state index contributed by atoms with van der Waals surface area (Å²) >= 11 is 5.99. The number of hydrogen-bond donors (Lipinski definition) is 1. The lowest BCUT2D eigenvalue weighted by Crippen LogP contribution is -2.66. The summed E-state index contributed by atoms with van der Waals surface area (Å²) in [5.74, 6) is 1.01. The van der Waals surface area contributed by atoms with Crippen LogP contribution in [0.25, 0.3) is 11.0 Å². The molecule has 0 radical (unpaired) electrons. The first-order valence-electron chi connectivity index (χ1n) is 8.82. The Balaban J connectivity index is 1.69. The quantitative estimate of drug-likeness (QED) is 0.815. The molecule has 5 rings (SSSR count). The number of nitrogens with one attached hydrogen (secondary N) is 1. The topological polar surface area (TPSA) is 41.3 Å². The highest BCUT2D eigenvalue weighted by Gasteiger charge is 2.48. The predicted molar refractivity (Wildman–Crippen MR) is 94.6 cm³/mol. The third-order valence-electron chi connectivity index (χ3n) is 5.94. The van der Waals surface area contributed by atoms with E-state index in [0.29, 0.717) is 17.1 Å². The zero-order chi connectivity index (χ0) is 18.7. The second-order valence-corrected chi connectivity index (χ2v) is 8.23. The van der Waals surface area contributed by atoms with Gasteiger partial charge in [-0.15, -0.1) is 0 Å². The number of hydrogen-bond acceptors (Lipinski definition) is 4. The van der Waals surface area contributed by atoms with Gasteiger partial charge in [0.05, 0.1) is 11.8 Å². The summed E-state index contributed by atoms with van der Waals surface area (Å²) in [6.45, 7) is 6.57. The van der Waals surface area contributed by atoms with Crippen molar-refractivity contribution < 1.29 is 17.7 Å². The van der Waals surface area contributed by atoms with Crippen LogP contribution in [0.5, 0.6) is 0 Å². The van der Waals surface area contributed by atoms with Crippen LogP contribution in [0.1, 0.15) is 32.3 Å². The van der Waals surface area contributed by atoms with Crippen molar-refractivity contribution in [3.05, 3.63) is 22.7 Å². The van der Waals surface area contributed by atoms with E-state index in [1.165, 1.54) is 6.07 Å². The van der Waals surface area contributed by atoms with Crippen LogP contribution in [-0.2, 0) is 6.42 Å². The standard InChI is InChI=1S/C18H21ClF3N3O/c1-17(2)15(10-5-7-25(17)8-6-10)23-16-11-3-4-13(19)12(9-18(20,21)22)14(11)26-24-16/h3-4,10,15H,5-9H2,1-2H3,(H,23,24)/t15-/m1/s1. The first-order valence-corrected chi connectivity index (χ1v) is 9.20. The Kier molecular flexibility index (Phi) is 4.15. The van der Waals surface area contributed by atoms with Crippen LogP contribution in [0.4, 0.5) is 19.0 Å². The van der Waals surface area contributed by atoms with Gasteiger partial charge in [0, 0.05) is 22.2 Å². The van der Waals surface area contributed by atoms with Crippen molar-refractivity contribution in [2.75, 3.05) is 18.4 Å². The van der Waals surface area contributed by atoms with Crippen LogP contribution in [0.15, 0.2) is 16.7 Å². The summed E-state index contributed by atoms with van der Waals surface area (Å²) in [5.41, 5.74) is -0.00462. The molecular formula is C18H21ClF3N3O. The number of halogens is 4. The minimum absolute atomic E-state index is 0.0423. The van der Waals surface area contributed by atoms with Crippen molar-refractivity contribution in [2.24, 2.45) is 5.92 Å². The number of anilines is 1. The van der Waals surface area contributed by atoms with E-state index in [2.05, 4.69) is 29.2 Å². The summed E-state index contributed by atoms with van der Waals surface area (Å²) in [5, 5.41) is 8.09. The summed E-state index contributed by atoms with van der Waals surface area (Å²) in [6, 6.07) is 3.32. The van der Waals surface area contributed by atoms with E-state index in [1.807, 2.05) is 0 Å². The molecule has 26 heavy (non-hydrogen) atoms. The van der Waals surface area contributed by atoms with Crippen molar-refractivity contribution in [2.45, 2.75) is 50.9 Å². The second kappa shape index (κ2) is 6.02. The third kappa shape index (κ3) is 2.95. The smallest absolute Gasteiger partial charge is 0.362 e. The van der Waals surface area contributed by atoms with Crippen molar-refractivity contribution in [1.29, 1.82) is 0 Å². The molecule has 0 saturated carbocycles. The highest BCUT2D eigenvalue weighted by atomic mass is 35.5. The van der Waals surface area contributed by atoms with Crippen LogP contribution in [-0.4, -0.2) is 40.9 Å². The van der Waals surface area contributed by atoms with E-state index in [9.17, 15) is 13.2 Å². The molecule has 1 N–H and O–H groups in total. The molecule has 0 spiro atoms. The normalized spacial score (nSPS) is 27.8. The van der Waals surface area contributed by atoms with Gasteiger partial charge in [0.15, 0.2) is 11.4 Å². The van der Waals surface area contributed by atoms with Gasteiger partial charge in [-0.05, 0) is 57.8 Å². The molecular weight excluding hydrogens is 367 g/mol. The highest BCUT2D eigenvalue weighted by molar-refractivity contribution is 6.32. The first kappa shape index (κ1) is 17.9. The molecule has 4 nitrogen and oxygen atoms in total. The Labute approximate surface area is 154 Å². The molecule has 3 saturated heterocycles. The number of rotatable bonds is 3. The van der Waals surface area contributed by atoms with E-state index < -0.39 is 12.6 Å². The molecule has 1 atom stereocenters. The SMILES string of the molecule is CC1(C)[C@H](Nc2noc3c(CC(F)(F)F)c(Cl)ccc23)C2CCN1CC2. The fourth-order valence-electron chi connectivity index (χ4n) is 4.53. The molecule has 0 aliphatic carbocycles. The van der Waals surface area contributed by atoms with Gasteiger partial charge in [-0.25, -0.2) is 0 Å². The fourth-order valence-corrected chi connectivity index (χ4v) is 4.74. The summed E-state index contributed by atoms with van der Waals surface area (Å²) < 4.78 is 44.0. The fraction of sp³-hybridized carbons (Fsp3) is 0.611. The predicted octanol–water partition coefficient (Wildman–Crippen LogP) is 4.87. The molecule has 3 aliphatic rings. The van der Waals surface area contributed by atoms with Gasteiger partial charge in [-0.2, -0.15) is 13.2 Å². The average Bonchev–Trinajstić information content (AvgIpc) is 2.96.